The number of nitrogens with two attached hydrogens (primary N) is 1. The van der Waals surface area contributed by atoms with Crippen molar-refractivity contribution in [2.24, 2.45) is 0 Å². The monoisotopic (exact) mass is 281 g/mol. The number of hydrogen-bond acceptors (Lipinski definition) is 3. The molecule has 1 heterocycles. The molecule has 1 aromatic carbocycles. The molecule has 4 nitrogen and oxygen atoms in total. The summed E-state index contributed by atoms with van der Waals surface area (Å²) in [5, 5.41) is 3.49. The summed E-state index contributed by atoms with van der Waals surface area (Å²) in [7, 11) is 0. The van der Waals surface area contributed by atoms with Gasteiger partial charge in [0.15, 0.2) is 0 Å². The number of benzene rings is 1. The van der Waals surface area contributed by atoms with Crippen molar-refractivity contribution in [3.8, 4) is 0 Å². The largest absolute Gasteiger partial charge is 0.384 e. The fraction of sp³-hybridized carbons (Fsp3) is 0. The lowest BCUT2D eigenvalue weighted by Gasteiger charge is -2.06. The van der Waals surface area contributed by atoms with Crippen molar-refractivity contribution in [2.45, 2.75) is 0 Å². The van der Waals surface area contributed by atoms with Crippen molar-refractivity contribution in [3.63, 3.8) is 0 Å². The lowest BCUT2D eigenvalue weighted by molar-refractivity contribution is 0.102. The van der Waals surface area contributed by atoms with Gasteiger partial charge in [-0.3, -0.25) is 4.79 Å². The smallest absolute Gasteiger partial charge is 0.275 e. The first-order valence-electron chi connectivity index (χ1n) is 5.05. The maximum absolute atomic E-state index is 11.9. The van der Waals surface area contributed by atoms with Crippen molar-refractivity contribution < 1.29 is 4.79 Å². The highest BCUT2D eigenvalue weighted by atomic mass is 35.5. The molecule has 0 saturated carbocycles. The third kappa shape index (κ3) is 2.91. The minimum atomic E-state index is -0.422. The molecule has 2 rings (SSSR count). The summed E-state index contributed by atoms with van der Waals surface area (Å²) in [6.07, 6.45) is 0. The van der Waals surface area contributed by atoms with Gasteiger partial charge in [-0.05, 0) is 36.4 Å². The molecule has 0 aliphatic carbocycles. The van der Waals surface area contributed by atoms with Gasteiger partial charge in [0.25, 0.3) is 5.91 Å². The lowest BCUT2D eigenvalue weighted by Crippen LogP contribution is -2.15. The Hall–Kier alpha value is -1.78. The second kappa shape index (κ2) is 5.25. The number of carbonyl (C=O) groups excluding carboxylic acids is 1. The fourth-order valence-electron chi connectivity index (χ4n) is 1.34. The average molecular weight is 282 g/mol. The number of pyridine rings is 1. The Labute approximate surface area is 114 Å². The maximum Gasteiger partial charge on any atom is 0.275 e. The van der Waals surface area contributed by atoms with Gasteiger partial charge in [-0.25, -0.2) is 4.98 Å². The topological polar surface area (TPSA) is 68.0 Å². The molecule has 0 radical (unpaired) electrons. The molecule has 0 aliphatic rings. The van der Waals surface area contributed by atoms with Gasteiger partial charge in [-0.2, -0.15) is 0 Å². The molecule has 0 aliphatic heterocycles. The van der Waals surface area contributed by atoms with Crippen molar-refractivity contribution >= 4 is 40.6 Å². The number of hydrogen-bond donors (Lipinski definition) is 2. The molecule has 0 bridgehead atoms. The Morgan fingerprint density at radius 1 is 1.11 bits per heavy atom. The van der Waals surface area contributed by atoms with Gasteiger partial charge in [-0.1, -0.05) is 23.2 Å². The predicted molar refractivity (Wildman–Crippen MR) is 73.1 cm³/mol. The van der Waals surface area contributed by atoms with Crippen LogP contribution in [0.15, 0.2) is 36.4 Å². The number of halogens is 2. The summed E-state index contributed by atoms with van der Waals surface area (Å²) >= 11 is 11.6. The molecule has 92 valence electrons. The SMILES string of the molecule is Nc1ccc(Cl)c(C(=O)Nc2ccc(Cl)cc2)n1. The van der Waals surface area contributed by atoms with Gasteiger partial charge in [0.05, 0.1) is 5.02 Å². The summed E-state index contributed by atoms with van der Waals surface area (Å²) in [5.41, 5.74) is 6.20. The lowest BCUT2D eigenvalue weighted by atomic mass is 10.3. The third-order valence-electron chi connectivity index (χ3n) is 2.18. The van der Waals surface area contributed by atoms with E-state index in [1.54, 1.807) is 24.3 Å². The number of amides is 1. The minimum Gasteiger partial charge on any atom is -0.384 e. The summed E-state index contributed by atoms with van der Waals surface area (Å²) < 4.78 is 0. The van der Waals surface area contributed by atoms with Crippen LogP contribution < -0.4 is 11.1 Å². The van der Waals surface area contributed by atoms with E-state index in [0.717, 1.165) is 0 Å². The quantitative estimate of drug-likeness (QED) is 0.888. The Kier molecular flexibility index (Phi) is 3.69. The number of aromatic nitrogens is 1. The van der Waals surface area contributed by atoms with Crippen LogP contribution in [0.4, 0.5) is 11.5 Å². The molecule has 6 heteroatoms. The van der Waals surface area contributed by atoms with E-state index in [4.69, 9.17) is 28.9 Å². The number of anilines is 2. The van der Waals surface area contributed by atoms with E-state index >= 15 is 0 Å². The van der Waals surface area contributed by atoms with Crippen LogP contribution in [-0.2, 0) is 0 Å². The van der Waals surface area contributed by atoms with Gasteiger partial charge < -0.3 is 11.1 Å². The first-order valence-corrected chi connectivity index (χ1v) is 5.81. The van der Waals surface area contributed by atoms with E-state index in [-0.39, 0.29) is 16.5 Å². The number of rotatable bonds is 2. The van der Waals surface area contributed by atoms with Crippen LogP contribution in [0.5, 0.6) is 0 Å². The van der Waals surface area contributed by atoms with Crippen LogP contribution >= 0.6 is 23.2 Å². The normalized spacial score (nSPS) is 10.1. The molecule has 3 N–H and O–H groups in total. The van der Waals surface area contributed by atoms with Gasteiger partial charge >= 0.3 is 0 Å². The molecule has 0 unspecified atom stereocenters. The standard InChI is InChI=1S/C12H9Cl2N3O/c13-7-1-3-8(4-2-7)16-12(18)11-9(14)5-6-10(15)17-11/h1-6H,(H2,15,17)(H,16,18). The third-order valence-corrected chi connectivity index (χ3v) is 2.74. The molecule has 1 amide bonds. The Morgan fingerprint density at radius 2 is 1.78 bits per heavy atom. The number of carbonyl (C=O) groups is 1. The fourth-order valence-corrected chi connectivity index (χ4v) is 1.66. The van der Waals surface area contributed by atoms with E-state index in [9.17, 15) is 4.79 Å². The molecule has 18 heavy (non-hydrogen) atoms. The molecule has 0 atom stereocenters. The highest BCUT2D eigenvalue weighted by molar-refractivity contribution is 6.34. The zero-order valence-electron chi connectivity index (χ0n) is 9.15. The Balaban J connectivity index is 2.21. The number of nitrogens with one attached hydrogen (secondary N) is 1. The molecular formula is C12H9Cl2N3O. The van der Waals surface area contributed by atoms with E-state index < -0.39 is 5.91 Å². The van der Waals surface area contributed by atoms with Gasteiger partial charge in [0.1, 0.15) is 11.5 Å². The maximum atomic E-state index is 11.9. The van der Waals surface area contributed by atoms with Crippen molar-refractivity contribution in [1.82, 2.24) is 4.98 Å². The molecule has 1 aromatic heterocycles. The van der Waals surface area contributed by atoms with Crippen molar-refractivity contribution in [3.05, 3.63) is 52.1 Å². The van der Waals surface area contributed by atoms with E-state index in [1.165, 1.54) is 12.1 Å². The van der Waals surface area contributed by atoms with Gasteiger partial charge in [0, 0.05) is 10.7 Å². The molecular weight excluding hydrogens is 273 g/mol. The van der Waals surface area contributed by atoms with Gasteiger partial charge in [-0.15, -0.1) is 0 Å². The van der Waals surface area contributed by atoms with Crippen molar-refractivity contribution in [1.29, 1.82) is 0 Å². The summed E-state index contributed by atoms with van der Waals surface area (Å²) in [6.45, 7) is 0. The molecule has 2 aromatic rings. The van der Waals surface area contributed by atoms with Crippen LogP contribution in [0.3, 0.4) is 0 Å². The van der Waals surface area contributed by atoms with E-state index in [2.05, 4.69) is 10.3 Å². The second-order valence-electron chi connectivity index (χ2n) is 3.53. The molecule has 0 saturated heterocycles. The predicted octanol–water partition coefficient (Wildman–Crippen LogP) is 3.22. The van der Waals surface area contributed by atoms with Crippen LogP contribution in [0.25, 0.3) is 0 Å². The highest BCUT2D eigenvalue weighted by Crippen LogP contribution is 2.18. The Bertz CT molecular complexity index is 584. The summed E-state index contributed by atoms with van der Waals surface area (Å²) in [4.78, 5) is 15.8. The number of nitrogen functional groups attached to an aromatic ring is 1. The Morgan fingerprint density at radius 3 is 2.44 bits per heavy atom. The second-order valence-corrected chi connectivity index (χ2v) is 4.37. The van der Waals surface area contributed by atoms with Crippen molar-refractivity contribution in [2.75, 3.05) is 11.1 Å². The van der Waals surface area contributed by atoms with Gasteiger partial charge in [0.2, 0.25) is 0 Å². The average Bonchev–Trinajstić information content (AvgIpc) is 2.35. The van der Waals surface area contributed by atoms with Crippen LogP contribution in [0.1, 0.15) is 10.5 Å². The van der Waals surface area contributed by atoms with Crippen LogP contribution in [0, 0.1) is 0 Å². The zero-order chi connectivity index (χ0) is 13.1. The minimum absolute atomic E-state index is 0.0895. The first-order chi connectivity index (χ1) is 8.56. The number of nitrogens with zero attached hydrogens (tertiary/aromatic N) is 1. The molecule has 0 fully saturated rings. The summed E-state index contributed by atoms with van der Waals surface area (Å²) in [6, 6.07) is 9.76. The van der Waals surface area contributed by atoms with Crippen LogP contribution in [0.2, 0.25) is 10.0 Å². The summed E-state index contributed by atoms with van der Waals surface area (Å²) in [5.74, 6) is -0.185. The van der Waals surface area contributed by atoms with Crippen LogP contribution in [-0.4, -0.2) is 10.9 Å². The highest BCUT2D eigenvalue weighted by Gasteiger charge is 2.12. The zero-order valence-corrected chi connectivity index (χ0v) is 10.7. The molecule has 0 spiro atoms. The van der Waals surface area contributed by atoms with E-state index in [1.807, 2.05) is 0 Å². The van der Waals surface area contributed by atoms with E-state index in [0.29, 0.717) is 10.7 Å². The first kappa shape index (κ1) is 12.7.